The van der Waals surface area contributed by atoms with Crippen LogP contribution in [0.15, 0.2) is 16.4 Å². The highest BCUT2D eigenvalue weighted by Gasteiger charge is 2.21. The number of aliphatic imine (C=N–C) groups is 1. The Labute approximate surface area is 161 Å². The van der Waals surface area contributed by atoms with Crippen LogP contribution in [-0.2, 0) is 17.8 Å². The van der Waals surface area contributed by atoms with Gasteiger partial charge >= 0.3 is 0 Å². The number of guanidine groups is 1. The number of thiophene rings is 1. The molecule has 0 spiro atoms. The Morgan fingerprint density at radius 1 is 1.31 bits per heavy atom. The van der Waals surface area contributed by atoms with Crippen molar-refractivity contribution in [3.63, 3.8) is 0 Å². The van der Waals surface area contributed by atoms with Crippen LogP contribution < -0.4 is 10.6 Å². The zero-order valence-corrected chi connectivity index (χ0v) is 17.5. The quantitative estimate of drug-likeness (QED) is 0.561. The summed E-state index contributed by atoms with van der Waals surface area (Å²) < 4.78 is 0. The van der Waals surface area contributed by atoms with E-state index in [-0.39, 0.29) is 12.5 Å². The van der Waals surface area contributed by atoms with Crippen molar-refractivity contribution < 1.29 is 4.79 Å². The van der Waals surface area contributed by atoms with Crippen LogP contribution in [0.2, 0.25) is 0 Å². The van der Waals surface area contributed by atoms with E-state index in [1.54, 1.807) is 18.4 Å². The predicted octanol–water partition coefficient (Wildman–Crippen LogP) is 1.92. The third-order valence-electron chi connectivity index (χ3n) is 4.78. The fraction of sp³-hybridized carbons (Fsp3) is 0.684. The van der Waals surface area contributed by atoms with Crippen molar-refractivity contribution in [1.82, 2.24) is 20.4 Å². The van der Waals surface area contributed by atoms with Crippen molar-refractivity contribution >= 4 is 23.2 Å². The summed E-state index contributed by atoms with van der Waals surface area (Å²) in [6.07, 6.45) is 0.964. The van der Waals surface area contributed by atoms with Crippen molar-refractivity contribution in [1.29, 1.82) is 0 Å². The predicted molar refractivity (Wildman–Crippen MR) is 110 cm³/mol. The maximum absolute atomic E-state index is 12.5. The van der Waals surface area contributed by atoms with Crippen LogP contribution in [0.5, 0.6) is 0 Å². The summed E-state index contributed by atoms with van der Waals surface area (Å²) in [6, 6.07) is 3.15. The molecule has 1 amide bonds. The van der Waals surface area contributed by atoms with Crippen LogP contribution in [0.1, 0.15) is 38.1 Å². The Hall–Kier alpha value is -1.60. The van der Waals surface area contributed by atoms with Gasteiger partial charge < -0.3 is 15.5 Å². The van der Waals surface area contributed by atoms with E-state index < -0.39 is 0 Å². The molecule has 2 rings (SSSR count). The number of amides is 1. The van der Waals surface area contributed by atoms with E-state index in [4.69, 9.17) is 0 Å². The average molecular weight is 380 g/mol. The van der Waals surface area contributed by atoms with Gasteiger partial charge in [0, 0.05) is 50.2 Å². The Kier molecular flexibility index (Phi) is 7.90. The lowest BCUT2D eigenvalue weighted by molar-refractivity contribution is -0.130. The first-order chi connectivity index (χ1) is 12.4. The number of fused-ring (bicyclic) bond motifs is 1. The van der Waals surface area contributed by atoms with Crippen molar-refractivity contribution in [2.45, 2.75) is 52.7 Å². The molecule has 0 saturated carbocycles. The Bertz CT molecular complexity index is 603. The summed E-state index contributed by atoms with van der Waals surface area (Å²) in [5, 5.41) is 8.57. The second-order valence-electron chi connectivity index (χ2n) is 7.21. The molecule has 0 fully saturated rings. The Morgan fingerprint density at radius 3 is 2.69 bits per heavy atom. The summed E-state index contributed by atoms with van der Waals surface area (Å²) >= 11 is 1.79. The SMILES string of the molecule is CN=C(NCCN(C(C)C)C(C)C)NCC(=O)N1CCc2sccc2C1. The number of carbonyl (C=O) groups excluding carboxylic acids is 1. The van der Waals surface area contributed by atoms with E-state index in [2.05, 4.69) is 59.7 Å². The maximum atomic E-state index is 12.5. The molecule has 0 aromatic carbocycles. The molecule has 0 aliphatic carbocycles. The van der Waals surface area contributed by atoms with Crippen LogP contribution in [0, 0.1) is 0 Å². The highest BCUT2D eigenvalue weighted by atomic mass is 32.1. The Morgan fingerprint density at radius 2 is 2.04 bits per heavy atom. The van der Waals surface area contributed by atoms with Gasteiger partial charge in [0.2, 0.25) is 5.91 Å². The first kappa shape index (κ1) is 20.7. The van der Waals surface area contributed by atoms with Crippen LogP contribution >= 0.6 is 11.3 Å². The number of hydrogen-bond donors (Lipinski definition) is 2. The second-order valence-corrected chi connectivity index (χ2v) is 8.21. The molecule has 0 atom stereocenters. The number of carbonyl (C=O) groups is 1. The monoisotopic (exact) mass is 379 g/mol. The molecule has 2 heterocycles. The lowest BCUT2D eigenvalue weighted by Gasteiger charge is -2.30. The molecule has 0 unspecified atom stereocenters. The van der Waals surface area contributed by atoms with Gasteiger partial charge in [-0.25, -0.2) is 0 Å². The number of rotatable bonds is 7. The minimum absolute atomic E-state index is 0.121. The molecular formula is C19H33N5OS. The van der Waals surface area contributed by atoms with Crippen molar-refractivity contribution in [3.05, 3.63) is 21.9 Å². The number of nitrogens with zero attached hydrogens (tertiary/aromatic N) is 3. The van der Waals surface area contributed by atoms with Crippen LogP contribution in [0.3, 0.4) is 0 Å². The van der Waals surface area contributed by atoms with E-state index in [1.807, 2.05) is 4.90 Å². The van der Waals surface area contributed by atoms with Crippen molar-refractivity contribution in [3.8, 4) is 0 Å². The summed E-state index contributed by atoms with van der Waals surface area (Å²) in [7, 11) is 1.74. The molecule has 26 heavy (non-hydrogen) atoms. The maximum Gasteiger partial charge on any atom is 0.242 e. The number of hydrogen-bond acceptors (Lipinski definition) is 4. The van der Waals surface area contributed by atoms with Gasteiger partial charge in [-0.1, -0.05) is 0 Å². The Balaban J connectivity index is 1.74. The van der Waals surface area contributed by atoms with Gasteiger partial charge in [-0.3, -0.25) is 14.7 Å². The zero-order chi connectivity index (χ0) is 19.1. The third-order valence-corrected chi connectivity index (χ3v) is 5.80. The number of nitrogens with one attached hydrogen (secondary N) is 2. The van der Waals surface area contributed by atoms with Gasteiger partial charge in [0.1, 0.15) is 0 Å². The fourth-order valence-electron chi connectivity index (χ4n) is 3.37. The fourth-order valence-corrected chi connectivity index (χ4v) is 4.26. The zero-order valence-electron chi connectivity index (χ0n) is 16.7. The standard InChI is InChI=1S/C19H33N5OS/c1-14(2)24(15(3)4)10-8-21-19(20-5)22-12-18(25)23-9-6-17-16(13-23)7-11-26-17/h7,11,14-15H,6,8-10,12-13H2,1-5H3,(H2,20,21,22). The highest BCUT2D eigenvalue weighted by Crippen LogP contribution is 2.23. The lowest BCUT2D eigenvalue weighted by atomic mass is 10.1. The van der Waals surface area contributed by atoms with E-state index in [0.717, 1.165) is 32.6 Å². The molecule has 1 aliphatic rings. The molecule has 0 radical (unpaired) electrons. The molecule has 1 aromatic heterocycles. The van der Waals surface area contributed by atoms with Crippen molar-refractivity contribution in [2.24, 2.45) is 4.99 Å². The normalized spacial score (nSPS) is 14.9. The molecule has 0 saturated heterocycles. The minimum atomic E-state index is 0.121. The molecular weight excluding hydrogens is 346 g/mol. The van der Waals surface area contributed by atoms with E-state index in [9.17, 15) is 4.79 Å². The molecule has 146 valence electrons. The van der Waals surface area contributed by atoms with Crippen molar-refractivity contribution in [2.75, 3.05) is 33.2 Å². The molecule has 6 nitrogen and oxygen atoms in total. The van der Waals surface area contributed by atoms with Gasteiger partial charge in [-0.15, -0.1) is 11.3 Å². The topological polar surface area (TPSA) is 60.0 Å². The van der Waals surface area contributed by atoms with Crippen LogP contribution in [-0.4, -0.2) is 67.0 Å². The van der Waals surface area contributed by atoms with Crippen LogP contribution in [0.4, 0.5) is 0 Å². The molecule has 1 aromatic rings. The van der Waals surface area contributed by atoms with Gasteiger partial charge in [0.05, 0.1) is 6.54 Å². The smallest absolute Gasteiger partial charge is 0.242 e. The van der Waals surface area contributed by atoms with E-state index in [0.29, 0.717) is 18.0 Å². The molecule has 1 aliphatic heterocycles. The summed E-state index contributed by atoms with van der Waals surface area (Å²) in [5.74, 6) is 0.801. The lowest BCUT2D eigenvalue weighted by Crippen LogP contribution is -2.48. The molecule has 0 bridgehead atoms. The summed E-state index contributed by atoms with van der Waals surface area (Å²) in [6.45, 7) is 12.4. The molecule has 2 N–H and O–H groups in total. The van der Waals surface area contributed by atoms with Gasteiger partial charge in [-0.05, 0) is 51.1 Å². The van der Waals surface area contributed by atoms with E-state index in [1.165, 1.54) is 10.4 Å². The average Bonchev–Trinajstić information content (AvgIpc) is 3.07. The first-order valence-electron chi connectivity index (χ1n) is 9.45. The largest absolute Gasteiger partial charge is 0.355 e. The summed E-state index contributed by atoms with van der Waals surface area (Å²) in [4.78, 5) is 22.5. The van der Waals surface area contributed by atoms with Crippen LogP contribution in [0.25, 0.3) is 0 Å². The van der Waals surface area contributed by atoms with E-state index >= 15 is 0 Å². The second kappa shape index (κ2) is 9.92. The van der Waals surface area contributed by atoms with Gasteiger partial charge in [-0.2, -0.15) is 0 Å². The molecule has 7 heteroatoms. The first-order valence-corrected chi connectivity index (χ1v) is 10.3. The third kappa shape index (κ3) is 5.71. The van der Waals surface area contributed by atoms with Gasteiger partial charge in [0.25, 0.3) is 0 Å². The van der Waals surface area contributed by atoms with Gasteiger partial charge in [0.15, 0.2) is 5.96 Å². The highest BCUT2D eigenvalue weighted by molar-refractivity contribution is 7.10. The minimum Gasteiger partial charge on any atom is -0.355 e. The summed E-state index contributed by atoms with van der Waals surface area (Å²) in [5.41, 5.74) is 1.29.